The number of halogens is 2. The van der Waals surface area contributed by atoms with Gasteiger partial charge in [-0.15, -0.1) is 0 Å². The molecule has 0 saturated heterocycles. The average molecular weight is 405 g/mol. The van der Waals surface area contributed by atoms with Crippen LogP contribution >= 0.6 is 11.6 Å². The van der Waals surface area contributed by atoms with Gasteiger partial charge in [-0.1, -0.05) is 41.9 Å². The Morgan fingerprint density at radius 2 is 1.96 bits per heavy atom. The number of pyridine rings is 1. The minimum atomic E-state index is -0.716. The highest BCUT2D eigenvalue weighted by atomic mass is 35.5. The van der Waals surface area contributed by atoms with Crippen molar-refractivity contribution in [3.8, 4) is 6.07 Å². The van der Waals surface area contributed by atoms with Gasteiger partial charge in [0.2, 0.25) is 0 Å². The lowest BCUT2D eigenvalue weighted by Crippen LogP contribution is -2.42. The third-order valence-electron chi connectivity index (χ3n) is 3.75. The molecule has 0 fully saturated rings. The highest BCUT2D eigenvalue weighted by Gasteiger charge is 2.25. The Kier molecular flexibility index (Phi) is 6.81. The summed E-state index contributed by atoms with van der Waals surface area (Å²) in [4.78, 5) is 16.1. The lowest BCUT2D eigenvalue weighted by Gasteiger charge is -2.28. The van der Waals surface area contributed by atoms with Crippen LogP contribution in [-0.2, 0) is 4.74 Å². The molecule has 148 valence electrons. The molecule has 0 spiro atoms. The van der Waals surface area contributed by atoms with Crippen LogP contribution in [0.4, 0.5) is 15.0 Å². The molecule has 0 bridgehead atoms. The molecule has 0 radical (unpaired) electrons. The van der Waals surface area contributed by atoms with E-state index in [9.17, 15) is 9.18 Å². The van der Waals surface area contributed by atoms with E-state index in [0.717, 1.165) is 11.6 Å². The summed E-state index contributed by atoms with van der Waals surface area (Å²) >= 11 is 5.94. The monoisotopic (exact) mass is 404 g/mol. The quantitative estimate of drug-likeness (QED) is 0.698. The Morgan fingerprint density at radius 1 is 1.32 bits per heavy atom. The van der Waals surface area contributed by atoms with Crippen molar-refractivity contribution in [3.63, 3.8) is 0 Å². The number of rotatable bonds is 5. The molecule has 0 unspecified atom stereocenters. The van der Waals surface area contributed by atoms with Gasteiger partial charge in [0.05, 0.1) is 17.6 Å². The Hall–Kier alpha value is -2.85. The summed E-state index contributed by atoms with van der Waals surface area (Å²) in [7, 11) is 0. The first-order valence-corrected chi connectivity index (χ1v) is 9.05. The molecule has 2 rings (SSSR count). The molecule has 0 aliphatic rings. The van der Waals surface area contributed by atoms with Crippen molar-refractivity contribution in [1.29, 1.82) is 5.26 Å². The SMILES string of the molecule is C[C@H](NC(=O)OC(C)(C)C)[C@H](Nc1nc(Cl)c(C#N)cc1F)c1ccccc1. The standard InChI is InChI=1S/C20H22ClFN4O2/c1-12(24-19(27)28-20(2,3)4)16(13-8-6-5-7-9-13)25-18-15(22)10-14(11-23)17(21)26-18/h5-10,12,16H,1-4H3,(H,24,27)(H,25,26)/t12-,16-/m0/s1. The number of amides is 1. The van der Waals surface area contributed by atoms with Crippen molar-refractivity contribution in [2.24, 2.45) is 0 Å². The first-order chi connectivity index (χ1) is 13.1. The van der Waals surface area contributed by atoms with Crippen LogP contribution in [0.25, 0.3) is 0 Å². The molecule has 1 heterocycles. The molecule has 2 aromatic rings. The number of aromatic nitrogens is 1. The summed E-state index contributed by atoms with van der Waals surface area (Å²) in [5.41, 5.74) is 0.0991. The predicted molar refractivity (Wildman–Crippen MR) is 106 cm³/mol. The average Bonchev–Trinajstić information content (AvgIpc) is 2.60. The number of nitrogens with one attached hydrogen (secondary N) is 2. The van der Waals surface area contributed by atoms with Crippen LogP contribution in [0.1, 0.15) is 44.9 Å². The maximum absolute atomic E-state index is 14.4. The van der Waals surface area contributed by atoms with Crippen LogP contribution in [0.3, 0.4) is 0 Å². The fraction of sp³-hybridized carbons (Fsp3) is 0.350. The topological polar surface area (TPSA) is 87.0 Å². The number of benzene rings is 1. The molecule has 0 aliphatic heterocycles. The second-order valence-electron chi connectivity index (χ2n) is 7.24. The van der Waals surface area contributed by atoms with Gasteiger partial charge in [0.25, 0.3) is 0 Å². The van der Waals surface area contributed by atoms with Crippen molar-refractivity contribution in [2.75, 3.05) is 5.32 Å². The number of nitrogens with zero attached hydrogens (tertiary/aromatic N) is 2. The summed E-state index contributed by atoms with van der Waals surface area (Å²) in [5.74, 6) is -0.831. The van der Waals surface area contributed by atoms with Crippen LogP contribution in [0.5, 0.6) is 0 Å². The van der Waals surface area contributed by atoms with E-state index in [4.69, 9.17) is 21.6 Å². The minimum Gasteiger partial charge on any atom is -0.444 e. The highest BCUT2D eigenvalue weighted by molar-refractivity contribution is 6.30. The van der Waals surface area contributed by atoms with Crippen molar-refractivity contribution in [3.05, 3.63) is 58.5 Å². The maximum atomic E-state index is 14.4. The Labute approximate surface area is 168 Å². The number of nitriles is 1. The zero-order chi connectivity index (χ0) is 20.9. The number of hydrogen-bond acceptors (Lipinski definition) is 5. The molecule has 1 aromatic heterocycles. The lowest BCUT2D eigenvalue weighted by molar-refractivity contribution is 0.0503. The molecule has 1 aromatic carbocycles. The van der Waals surface area contributed by atoms with E-state index in [2.05, 4.69) is 15.6 Å². The van der Waals surface area contributed by atoms with E-state index in [-0.39, 0.29) is 16.5 Å². The van der Waals surface area contributed by atoms with E-state index < -0.39 is 29.6 Å². The van der Waals surface area contributed by atoms with Gasteiger partial charge in [-0.2, -0.15) is 5.26 Å². The van der Waals surface area contributed by atoms with E-state index >= 15 is 0 Å². The van der Waals surface area contributed by atoms with Crippen LogP contribution in [-0.4, -0.2) is 22.7 Å². The maximum Gasteiger partial charge on any atom is 0.407 e. The molecule has 28 heavy (non-hydrogen) atoms. The fourth-order valence-electron chi connectivity index (χ4n) is 2.53. The summed E-state index contributed by atoms with van der Waals surface area (Å²) in [6, 6.07) is 11.0. The molecular formula is C20H22ClFN4O2. The van der Waals surface area contributed by atoms with Crippen molar-refractivity contribution < 1.29 is 13.9 Å². The third kappa shape index (κ3) is 5.83. The number of anilines is 1. The largest absolute Gasteiger partial charge is 0.444 e. The van der Waals surface area contributed by atoms with Gasteiger partial charge in [-0.25, -0.2) is 14.2 Å². The highest BCUT2D eigenvalue weighted by Crippen LogP contribution is 2.26. The first-order valence-electron chi connectivity index (χ1n) is 8.68. The van der Waals surface area contributed by atoms with Gasteiger partial charge in [-0.05, 0) is 39.3 Å². The van der Waals surface area contributed by atoms with Crippen LogP contribution in [0.15, 0.2) is 36.4 Å². The van der Waals surface area contributed by atoms with E-state index in [1.54, 1.807) is 33.8 Å². The lowest BCUT2D eigenvalue weighted by atomic mass is 10.0. The van der Waals surface area contributed by atoms with Gasteiger partial charge < -0.3 is 15.4 Å². The zero-order valence-electron chi connectivity index (χ0n) is 16.1. The number of carbonyl (C=O) groups is 1. The molecule has 0 aliphatic carbocycles. The van der Waals surface area contributed by atoms with Crippen molar-refractivity contribution in [1.82, 2.24) is 10.3 Å². The number of ether oxygens (including phenoxy) is 1. The molecule has 0 saturated carbocycles. The van der Waals surface area contributed by atoms with Gasteiger partial charge in [0, 0.05) is 0 Å². The summed E-state index contributed by atoms with van der Waals surface area (Å²) in [6.07, 6.45) is -0.589. The molecule has 2 N–H and O–H groups in total. The zero-order valence-corrected chi connectivity index (χ0v) is 16.8. The fourth-order valence-corrected chi connectivity index (χ4v) is 2.71. The van der Waals surface area contributed by atoms with Gasteiger partial charge in [-0.3, -0.25) is 0 Å². The van der Waals surface area contributed by atoms with Gasteiger partial charge >= 0.3 is 6.09 Å². The first kappa shape index (κ1) is 21.5. The van der Waals surface area contributed by atoms with E-state index in [0.29, 0.717) is 0 Å². The van der Waals surface area contributed by atoms with Crippen LogP contribution in [0, 0.1) is 17.1 Å². The van der Waals surface area contributed by atoms with Gasteiger partial charge in [0.15, 0.2) is 11.6 Å². The molecule has 1 amide bonds. The van der Waals surface area contributed by atoms with Crippen molar-refractivity contribution >= 4 is 23.5 Å². The summed E-state index contributed by atoms with van der Waals surface area (Å²) in [6.45, 7) is 7.06. The van der Waals surface area contributed by atoms with Crippen molar-refractivity contribution in [2.45, 2.75) is 45.4 Å². The smallest absolute Gasteiger partial charge is 0.407 e. The van der Waals surface area contributed by atoms with Crippen LogP contribution < -0.4 is 10.6 Å². The second-order valence-corrected chi connectivity index (χ2v) is 7.59. The van der Waals surface area contributed by atoms with Gasteiger partial charge in [0.1, 0.15) is 16.8 Å². The molecule has 8 heteroatoms. The summed E-state index contributed by atoms with van der Waals surface area (Å²) < 4.78 is 19.7. The Balaban J connectivity index is 2.30. The predicted octanol–water partition coefficient (Wildman–Crippen LogP) is 4.81. The Morgan fingerprint density at radius 3 is 2.54 bits per heavy atom. The number of alkyl carbamates (subject to hydrolysis) is 1. The minimum absolute atomic E-state index is 0.0547. The molecule has 2 atom stereocenters. The second kappa shape index (κ2) is 8.89. The normalized spacial score (nSPS) is 13.2. The molecular weight excluding hydrogens is 383 g/mol. The number of hydrogen-bond donors (Lipinski definition) is 2. The van der Waals surface area contributed by atoms with Crippen LogP contribution in [0.2, 0.25) is 5.15 Å². The third-order valence-corrected chi connectivity index (χ3v) is 4.03. The summed E-state index contributed by atoms with van der Waals surface area (Å²) in [5, 5.41) is 14.6. The van der Waals surface area contributed by atoms with E-state index in [1.807, 2.05) is 30.3 Å². The number of carbonyl (C=O) groups excluding carboxylic acids is 1. The molecule has 6 nitrogen and oxygen atoms in total. The van der Waals surface area contributed by atoms with E-state index in [1.165, 1.54) is 0 Å². The Bertz CT molecular complexity index is 878.